The van der Waals surface area contributed by atoms with Crippen LogP contribution in [0.15, 0.2) is 41.3 Å². The van der Waals surface area contributed by atoms with Gasteiger partial charge in [-0.3, -0.25) is 24.0 Å². The Labute approximate surface area is 196 Å². The van der Waals surface area contributed by atoms with Gasteiger partial charge in [-0.2, -0.15) is 5.10 Å². The van der Waals surface area contributed by atoms with E-state index in [0.29, 0.717) is 15.5 Å². The number of anilines is 1. The number of hydrogen-bond acceptors (Lipinski definition) is 7. The van der Waals surface area contributed by atoms with Gasteiger partial charge in [0.25, 0.3) is 5.91 Å². The lowest BCUT2D eigenvalue weighted by atomic mass is 10.1. The van der Waals surface area contributed by atoms with Gasteiger partial charge in [-0.25, -0.2) is 9.37 Å². The topological polar surface area (TPSA) is 119 Å². The van der Waals surface area contributed by atoms with E-state index in [2.05, 4.69) is 36.3 Å². The first-order valence-corrected chi connectivity index (χ1v) is 10.8. The Balaban J connectivity index is 1.61. The van der Waals surface area contributed by atoms with Gasteiger partial charge in [0.2, 0.25) is 5.91 Å². The number of nitrogens with zero attached hydrogens (tertiary/aromatic N) is 5. The van der Waals surface area contributed by atoms with Crippen molar-refractivity contribution in [3.05, 3.63) is 47.0 Å². The number of nitrogens with one attached hydrogen (secondary N) is 1. The van der Waals surface area contributed by atoms with Crippen LogP contribution < -0.4 is 5.32 Å². The minimum atomic E-state index is -1.56. The molecule has 0 spiro atoms. The molecule has 1 aliphatic heterocycles. The number of ketones is 1. The highest BCUT2D eigenvalue weighted by Gasteiger charge is 2.48. The highest BCUT2D eigenvalue weighted by atomic mass is 79.9. The van der Waals surface area contributed by atoms with Crippen molar-refractivity contribution in [1.82, 2.24) is 24.6 Å². The number of carbonyl (C=O) groups excluding carboxylic acids is 3. The van der Waals surface area contributed by atoms with Gasteiger partial charge in [-0.05, 0) is 34.1 Å². The zero-order valence-electron chi connectivity index (χ0n) is 17.7. The maximum atomic E-state index is 14.7. The summed E-state index contributed by atoms with van der Waals surface area (Å²) in [4.78, 5) is 47.5. The molecule has 0 radical (unpaired) electrons. The monoisotopic (exact) mass is 518 g/mol. The number of alkyl halides is 1. The largest absolute Gasteiger partial charge is 0.376 e. The summed E-state index contributed by atoms with van der Waals surface area (Å²) >= 11 is 3.22. The van der Waals surface area contributed by atoms with Crippen molar-refractivity contribution in [1.29, 1.82) is 0 Å². The third-order valence-electron chi connectivity index (χ3n) is 5.37. The van der Waals surface area contributed by atoms with Crippen molar-refractivity contribution >= 4 is 50.2 Å². The molecular formula is C21H20BrFN6O4. The van der Waals surface area contributed by atoms with E-state index in [0.717, 1.165) is 4.90 Å². The summed E-state index contributed by atoms with van der Waals surface area (Å²) in [6.45, 7) is 0.748. The molecule has 3 aromatic rings. The molecule has 3 atom stereocenters. The van der Waals surface area contributed by atoms with Gasteiger partial charge >= 0.3 is 0 Å². The Hall–Kier alpha value is -3.25. The number of rotatable bonds is 6. The Morgan fingerprint density at radius 2 is 2.09 bits per heavy atom. The molecule has 1 fully saturated rings. The fourth-order valence-electron chi connectivity index (χ4n) is 3.90. The first-order valence-electron chi connectivity index (χ1n) is 10.0. The van der Waals surface area contributed by atoms with Crippen molar-refractivity contribution in [3.8, 4) is 0 Å². The maximum absolute atomic E-state index is 14.7. The summed E-state index contributed by atoms with van der Waals surface area (Å²) in [7, 11) is 1.29. The summed E-state index contributed by atoms with van der Waals surface area (Å²) in [5.41, 5.74) is 0.685. The summed E-state index contributed by atoms with van der Waals surface area (Å²) in [5, 5.41) is 7.41. The van der Waals surface area contributed by atoms with Crippen molar-refractivity contribution in [2.24, 2.45) is 0 Å². The number of ether oxygens (including phenoxy) is 1. The summed E-state index contributed by atoms with van der Waals surface area (Å²) in [5.74, 6) is -1.20. The van der Waals surface area contributed by atoms with E-state index in [1.165, 1.54) is 31.1 Å². The number of amides is 2. The number of aromatic nitrogens is 4. The van der Waals surface area contributed by atoms with E-state index >= 15 is 0 Å². The Morgan fingerprint density at radius 1 is 1.30 bits per heavy atom. The van der Waals surface area contributed by atoms with Crippen LogP contribution in [0.1, 0.15) is 17.4 Å². The standard InChI is InChI=1S/C21H20BrFN6O4/c1-11(30)18-12-6-7-24-8-14(12)29(27-18)10-17(31)28-9-13(23)20(33-2)19(28)21(32)26-16-5-3-4-15(22)25-16/h3-8,13,19-20H,9-10H2,1-2H3,(H,25,26,32)/t13-,19-,20+/m0/s1. The van der Waals surface area contributed by atoms with E-state index in [1.54, 1.807) is 24.3 Å². The number of carbonyl (C=O) groups is 3. The summed E-state index contributed by atoms with van der Waals surface area (Å²) in [6.07, 6.45) is 0.306. The van der Waals surface area contributed by atoms with Gasteiger partial charge in [0.15, 0.2) is 5.78 Å². The van der Waals surface area contributed by atoms with E-state index in [1.807, 2.05) is 0 Å². The van der Waals surface area contributed by atoms with Crippen LogP contribution >= 0.6 is 15.9 Å². The van der Waals surface area contributed by atoms with Crippen LogP contribution in [0.5, 0.6) is 0 Å². The molecule has 0 saturated carbocycles. The number of likely N-dealkylation sites (tertiary alicyclic amines) is 1. The van der Waals surface area contributed by atoms with Gasteiger partial charge in [0.05, 0.1) is 18.3 Å². The van der Waals surface area contributed by atoms with Gasteiger partial charge in [-0.1, -0.05) is 6.07 Å². The van der Waals surface area contributed by atoms with Crippen molar-refractivity contribution in [2.45, 2.75) is 31.8 Å². The zero-order valence-corrected chi connectivity index (χ0v) is 19.3. The van der Waals surface area contributed by atoms with Crippen LogP contribution in [-0.2, 0) is 20.9 Å². The molecule has 12 heteroatoms. The quantitative estimate of drug-likeness (QED) is 0.391. The number of pyridine rings is 2. The summed E-state index contributed by atoms with van der Waals surface area (Å²) < 4.78 is 21.8. The molecule has 2 amide bonds. The van der Waals surface area contributed by atoms with Crippen LogP contribution in [0.4, 0.5) is 10.2 Å². The van der Waals surface area contributed by atoms with Gasteiger partial charge in [-0.15, -0.1) is 0 Å². The smallest absolute Gasteiger partial charge is 0.251 e. The number of halogens is 2. The second-order valence-electron chi connectivity index (χ2n) is 7.50. The van der Waals surface area contributed by atoms with Crippen LogP contribution in [-0.4, -0.2) is 74.2 Å². The Kier molecular flexibility index (Phi) is 6.47. The van der Waals surface area contributed by atoms with Crippen LogP contribution in [0.3, 0.4) is 0 Å². The Morgan fingerprint density at radius 3 is 2.79 bits per heavy atom. The number of hydrogen-bond donors (Lipinski definition) is 1. The lowest BCUT2D eigenvalue weighted by Gasteiger charge is -2.26. The predicted octanol–water partition coefficient (Wildman–Crippen LogP) is 1.99. The second-order valence-corrected chi connectivity index (χ2v) is 8.31. The average molecular weight is 519 g/mol. The third-order valence-corrected chi connectivity index (χ3v) is 5.82. The normalized spacial score (nSPS) is 20.2. The first-order chi connectivity index (χ1) is 15.8. The van der Waals surface area contributed by atoms with Crippen LogP contribution in [0, 0.1) is 0 Å². The van der Waals surface area contributed by atoms with Crippen molar-refractivity contribution in [3.63, 3.8) is 0 Å². The summed E-state index contributed by atoms with van der Waals surface area (Å²) in [6, 6.07) is 5.36. The van der Waals surface area contributed by atoms with Crippen molar-refractivity contribution in [2.75, 3.05) is 19.0 Å². The molecule has 0 aromatic carbocycles. The fourth-order valence-corrected chi connectivity index (χ4v) is 4.25. The molecule has 1 aliphatic rings. The van der Waals surface area contributed by atoms with E-state index in [4.69, 9.17) is 4.74 Å². The van der Waals surface area contributed by atoms with Crippen LogP contribution in [0.2, 0.25) is 0 Å². The average Bonchev–Trinajstić information content (AvgIpc) is 3.31. The highest BCUT2D eigenvalue weighted by Crippen LogP contribution is 2.26. The molecule has 4 rings (SSSR count). The first kappa shape index (κ1) is 22.9. The molecule has 1 saturated heterocycles. The molecule has 172 valence electrons. The van der Waals surface area contributed by atoms with Crippen LogP contribution in [0.25, 0.3) is 10.9 Å². The SMILES string of the molecule is CO[C@H]1[C@@H](C(=O)Nc2cccc(Br)n2)N(C(=O)Cn2nc(C(C)=O)c3ccncc32)C[C@@H]1F. The van der Waals surface area contributed by atoms with Gasteiger partial charge in [0, 0.05) is 25.6 Å². The van der Waals surface area contributed by atoms with E-state index < -0.39 is 30.1 Å². The zero-order chi connectivity index (χ0) is 23.7. The van der Waals surface area contributed by atoms with Crippen molar-refractivity contribution < 1.29 is 23.5 Å². The second kappa shape index (κ2) is 9.32. The van der Waals surface area contributed by atoms with Gasteiger partial charge in [0.1, 0.15) is 41.0 Å². The molecule has 4 heterocycles. The minimum absolute atomic E-state index is 0.204. The maximum Gasteiger partial charge on any atom is 0.251 e. The highest BCUT2D eigenvalue weighted by molar-refractivity contribution is 9.10. The molecule has 10 nitrogen and oxygen atoms in total. The molecule has 1 N–H and O–H groups in total. The molecule has 0 bridgehead atoms. The lowest BCUT2D eigenvalue weighted by molar-refractivity contribution is -0.139. The Bertz CT molecular complexity index is 1230. The lowest BCUT2D eigenvalue weighted by Crippen LogP contribution is -2.49. The molecular weight excluding hydrogens is 499 g/mol. The third kappa shape index (κ3) is 4.48. The minimum Gasteiger partial charge on any atom is -0.376 e. The predicted molar refractivity (Wildman–Crippen MR) is 119 cm³/mol. The van der Waals surface area contributed by atoms with E-state index in [9.17, 15) is 18.8 Å². The number of methoxy groups -OCH3 is 1. The van der Waals surface area contributed by atoms with Gasteiger partial charge < -0.3 is 15.0 Å². The number of Topliss-reactive ketones (excluding diaryl/α,β-unsaturated/α-hetero) is 1. The number of fused-ring (bicyclic) bond motifs is 1. The molecule has 3 aromatic heterocycles. The van der Waals surface area contributed by atoms with E-state index in [-0.39, 0.29) is 30.4 Å². The fraction of sp³-hybridized carbons (Fsp3) is 0.333. The molecule has 0 unspecified atom stereocenters. The molecule has 0 aliphatic carbocycles. The molecule has 33 heavy (non-hydrogen) atoms.